The third-order valence-corrected chi connectivity index (χ3v) is 7.66. The van der Waals surface area contributed by atoms with Gasteiger partial charge in [0.25, 0.3) is 0 Å². The first-order chi connectivity index (χ1) is 17.0. The van der Waals surface area contributed by atoms with Gasteiger partial charge in [0.2, 0.25) is 0 Å². The summed E-state index contributed by atoms with van der Waals surface area (Å²) >= 11 is 6.56. The summed E-state index contributed by atoms with van der Waals surface area (Å²) < 4.78 is 8.22. The fourth-order valence-electron chi connectivity index (χ4n) is 5.69. The van der Waals surface area contributed by atoms with Crippen LogP contribution in [0.15, 0.2) is 48.8 Å². The van der Waals surface area contributed by atoms with E-state index < -0.39 is 0 Å². The number of aromatic amines is 1. The molecule has 176 valence electrons. The van der Waals surface area contributed by atoms with E-state index in [1.165, 1.54) is 6.42 Å². The van der Waals surface area contributed by atoms with Gasteiger partial charge in [-0.3, -0.25) is 4.68 Å². The van der Waals surface area contributed by atoms with Crippen LogP contribution in [0.25, 0.3) is 33.3 Å². The van der Waals surface area contributed by atoms with E-state index >= 15 is 0 Å². The van der Waals surface area contributed by atoms with Crippen molar-refractivity contribution >= 4 is 33.7 Å². The van der Waals surface area contributed by atoms with Crippen LogP contribution < -0.4 is 4.74 Å². The maximum atomic E-state index is 6.56. The van der Waals surface area contributed by atoms with Gasteiger partial charge in [-0.15, -0.1) is 0 Å². The van der Waals surface area contributed by atoms with Crippen molar-refractivity contribution in [1.29, 1.82) is 0 Å². The van der Waals surface area contributed by atoms with Gasteiger partial charge in [-0.05, 0) is 57.0 Å². The lowest BCUT2D eigenvalue weighted by atomic mass is 10.0. The molecule has 1 N–H and O–H groups in total. The Balaban J connectivity index is 1.19. The maximum Gasteiger partial charge on any atom is 0.156 e. The van der Waals surface area contributed by atoms with Crippen molar-refractivity contribution in [3.63, 3.8) is 0 Å². The molecule has 2 bridgehead atoms. The normalized spacial score (nSPS) is 22.0. The molecule has 1 aliphatic carbocycles. The van der Waals surface area contributed by atoms with Crippen LogP contribution in [0.4, 0.5) is 0 Å². The van der Waals surface area contributed by atoms with Gasteiger partial charge in [-0.25, -0.2) is 15.0 Å². The molecule has 3 aromatic heterocycles. The van der Waals surface area contributed by atoms with Crippen LogP contribution in [0.5, 0.6) is 11.5 Å². The molecule has 0 radical (unpaired) electrons. The summed E-state index contributed by atoms with van der Waals surface area (Å²) in [5.74, 6) is 2.93. The second kappa shape index (κ2) is 7.76. The first-order valence-electron chi connectivity index (χ1n) is 11.9. The van der Waals surface area contributed by atoms with Crippen LogP contribution in [0.1, 0.15) is 24.7 Å². The Bertz CT molecular complexity index is 1590. The number of hydrogen-bond acceptors (Lipinski definition) is 6. The molecule has 3 unspecified atom stereocenters. The molecule has 4 heterocycles. The van der Waals surface area contributed by atoms with E-state index in [2.05, 4.69) is 42.9 Å². The number of hydrogen-bond donors (Lipinski definition) is 1. The number of halogens is 1. The Labute approximate surface area is 206 Å². The average molecular weight is 486 g/mol. The van der Waals surface area contributed by atoms with Crippen molar-refractivity contribution in [2.45, 2.75) is 31.8 Å². The number of H-pyrrole nitrogens is 1. The van der Waals surface area contributed by atoms with E-state index in [1.807, 2.05) is 49.5 Å². The van der Waals surface area contributed by atoms with E-state index in [1.54, 1.807) is 0 Å². The van der Waals surface area contributed by atoms with Gasteiger partial charge < -0.3 is 14.6 Å². The third kappa shape index (κ3) is 3.56. The van der Waals surface area contributed by atoms with E-state index in [0.29, 0.717) is 40.1 Å². The molecule has 7 rings (SSSR count). The molecule has 1 saturated carbocycles. The van der Waals surface area contributed by atoms with Gasteiger partial charge in [0, 0.05) is 36.5 Å². The number of nitrogens with zero attached hydrogens (tertiary/aromatic N) is 6. The summed E-state index contributed by atoms with van der Waals surface area (Å²) in [7, 11) is 2.22. The topological polar surface area (TPSA) is 84.8 Å². The minimum atomic E-state index is 0.374. The predicted octanol–water partition coefficient (Wildman–Crippen LogP) is 5.39. The summed E-state index contributed by atoms with van der Waals surface area (Å²) in [6.45, 7) is 3.07. The van der Waals surface area contributed by atoms with Crippen LogP contribution in [-0.2, 0) is 0 Å². The third-order valence-electron chi connectivity index (χ3n) is 7.39. The minimum absolute atomic E-state index is 0.374. The number of aryl methyl sites for hydroxylation is 1. The highest BCUT2D eigenvalue weighted by Crippen LogP contribution is 2.44. The summed E-state index contributed by atoms with van der Waals surface area (Å²) in [4.78, 5) is 19.6. The Morgan fingerprint density at radius 3 is 2.63 bits per heavy atom. The van der Waals surface area contributed by atoms with Gasteiger partial charge in [-0.1, -0.05) is 11.6 Å². The molecule has 2 fully saturated rings. The second-order valence-electron chi connectivity index (χ2n) is 9.72. The van der Waals surface area contributed by atoms with Crippen molar-refractivity contribution in [1.82, 2.24) is 34.6 Å². The largest absolute Gasteiger partial charge is 0.457 e. The van der Waals surface area contributed by atoms with Crippen molar-refractivity contribution in [2.24, 2.45) is 5.92 Å². The Morgan fingerprint density at radius 1 is 1.00 bits per heavy atom. The summed E-state index contributed by atoms with van der Waals surface area (Å²) in [6, 6.07) is 12.5. The zero-order valence-electron chi connectivity index (χ0n) is 19.4. The molecule has 9 heteroatoms. The first-order valence-corrected chi connectivity index (χ1v) is 12.2. The van der Waals surface area contributed by atoms with Crippen molar-refractivity contribution in [3.8, 4) is 22.8 Å². The lowest BCUT2D eigenvalue weighted by molar-refractivity contribution is 0.202. The Hall–Kier alpha value is -3.49. The molecular formula is C26H24ClN7O. The summed E-state index contributed by atoms with van der Waals surface area (Å²) in [6.07, 6.45) is 6.31. The van der Waals surface area contributed by atoms with Gasteiger partial charge in [0.15, 0.2) is 5.15 Å². The van der Waals surface area contributed by atoms with Crippen molar-refractivity contribution < 1.29 is 4.74 Å². The first kappa shape index (κ1) is 20.8. The van der Waals surface area contributed by atoms with Gasteiger partial charge >= 0.3 is 0 Å². The van der Waals surface area contributed by atoms with Crippen LogP contribution in [0, 0.1) is 12.8 Å². The molecule has 2 aliphatic rings. The molecule has 1 aliphatic heterocycles. The standard InChI is InChI=1S/C26H24ClN7O/c1-14-29-20-5-3-18(9-22(20)30-14)35-19-4-6-21-23(10-19)31-25(26(27)32-21)16-11-28-34(13-16)24-8-17-7-15(24)12-33(17)2/h3-6,9-11,13,15,17,24H,7-8,12H2,1-2H3,(H,29,30). The van der Waals surface area contributed by atoms with E-state index in [0.717, 1.165) is 46.7 Å². The monoisotopic (exact) mass is 485 g/mol. The van der Waals surface area contributed by atoms with E-state index in [-0.39, 0.29) is 0 Å². The number of aromatic nitrogens is 6. The Kier molecular flexibility index (Phi) is 4.62. The molecule has 8 nitrogen and oxygen atoms in total. The van der Waals surface area contributed by atoms with Crippen LogP contribution in [0.3, 0.4) is 0 Å². The highest BCUT2D eigenvalue weighted by atomic mass is 35.5. The summed E-state index contributed by atoms with van der Waals surface area (Å²) in [5, 5.41) is 5.05. The van der Waals surface area contributed by atoms with Gasteiger partial charge in [-0.2, -0.15) is 5.10 Å². The molecule has 35 heavy (non-hydrogen) atoms. The van der Waals surface area contributed by atoms with Crippen molar-refractivity contribution in [2.75, 3.05) is 13.6 Å². The van der Waals surface area contributed by atoms with E-state index in [4.69, 9.17) is 21.3 Å². The smallest absolute Gasteiger partial charge is 0.156 e. The van der Waals surface area contributed by atoms with Crippen LogP contribution in [0.2, 0.25) is 5.15 Å². The average Bonchev–Trinajstić information content (AvgIpc) is 3.61. The SMILES string of the molecule is Cc1nc2ccc(Oc3ccc4nc(Cl)c(-c5cnn(C6CC7CC6CN7C)c5)nc4c3)cc2[nH]1. The molecule has 5 aromatic rings. The number of benzene rings is 2. The lowest BCUT2D eigenvalue weighted by Gasteiger charge is -2.28. The fraction of sp³-hybridized carbons (Fsp3) is 0.308. The zero-order chi connectivity index (χ0) is 23.7. The summed E-state index contributed by atoms with van der Waals surface area (Å²) in [5.41, 5.74) is 4.80. The van der Waals surface area contributed by atoms with E-state index in [9.17, 15) is 0 Å². The number of likely N-dealkylation sites (tertiary alicyclic amines) is 1. The molecule has 0 amide bonds. The molecule has 2 aromatic carbocycles. The maximum absolute atomic E-state index is 6.56. The predicted molar refractivity (Wildman–Crippen MR) is 135 cm³/mol. The van der Waals surface area contributed by atoms with Gasteiger partial charge in [0.05, 0.1) is 34.3 Å². The number of imidazole rings is 1. The number of fused-ring (bicyclic) bond motifs is 4. The zero-order valence-corrected chi connectivity index (χ0v) is 20.2. The minimum Gasteiger partial charge on any atom is -0.457 e. The Morgan fingerprint density at radius 2 is 1.83 bits per heavy atom. The molecule has 3 atom stereocenters. The highest BCUT2D eigenvalue weighted by molar-refractivity contribution is 6.32. The second-order valence-corrected chi connectivity index (χ2v) is 10.1. The van der Waals surface area contributed by atoms with Crippen LogP contribution in [-0.4, -0.2) is 54.3 Å². The molecular weight excluding hydrogens is 462 g/mol. The van der Waals surface area contributed by atoms with Gasteiger partial charge in [0.1, 0.15) is 23.0 Å². The number of rotatable bonds is 4. The lowest BCUT2D eigenvalue weighted by Crippen LogP contribution is -2.33. The highest BCUT2D eigenvalue weighted by Gasteiger charge is 2.44. The quantitative estimate of drug-likeness (QED) is 0.367. The van der Waals surface area contributed by atoms with Crippen LogP contribution >= 0.6 is 11.6 Å². The fourth-order valence-corrected chi connectivity index (χ4v) is 5.93. The number of ether oxygens (including phenoxy) is 1. The van der Waals surface area contributed by atoms with Crippen molar-refractivity contribution in [3.05, 3.63) is 59.8 Å². The molecule has 1 saturated heterocycles. The number of nitrogens with one attached hydrogen (secondary N) is 1. The number of piperidine rings is 1. The molecule has 0 spiro atoms.